The molecule has 1 atom stereocenters. The van der Waals surface area contributed by atoms with Crippen LogP contribution >= 0.6 is 0 Å². The Morgan fingerprint density at radius 2 is 1.51 bits per heavy atom. The molecular weight excluding hydrogens is 695 g/mol. The summed E-state index contributed by atoms with van der Waals surface area (Å²) in [4.78, 5) is 25.7. The fourth-order valence-corrected chi connectivity index (χ4v) is 8.10. The van der Waals surface area contributed by atoms with Crippen LogP contribution in [0.3, 0.4) is 0 Å². The quantitative estimate of drug-likeness (QED) is 0.0970. The monoisotopic (exact) mass is 726 g/mol. The smallest absolute Gasteiger partial charge is 0.339 e. The number of carbonyl (C=O) groups excluding carboxylic acids is 1. The van der Waals surface area contributed by atoms with Gasteiger partial charge in [0.15, 0.2) is 28.2 Å². The molecule has 0 radical (unpaired) electrons. The molecule has 14 heteroatoms. The largest absolute Gasteiger partial charge is 0.488 e. The summed E-state index contributed by atoms with van der Waals surface area (Å²) in [6.45, 7) is -0.624. The maximum Gasteiger partial charge on any atom is 0.339 e. The Balaban J connectivity index is 1.39. The van der Waals surface area contributed by atoms with Gasteiger partial charge in [-0.2, -0.15) is 4.31 Å². The highest BCUT2D eigenvalue weighted by atomic mass is 32.2. The van der Waals surface area contributed by atoms with Gasteiger partial charge in [-0.3, -0.25) is 4.79 Å². The van der Waals surface area contributed by atoms with Crippen molar-refractivity contribution in [3.05, 3.63) is 130 Å². The van der Waals surface area contributed by atoms with Crippen molar-refractivity contribution < 1.29 is 49.8 Å². The van der Waals surface area contributed by atoms with E-state index >= 15 is 0 Å². The summed E-state index contributed by atoms with van der Waals surface area (Å²) < 4.78 is 105. The van der Waals surface area contributed by atoms with Gasteiger partial charge in [-0.25, -0.2) is 35.2 Å². The maximum absolute atomic E-state index is 14.8. The number of aromatic carboxylic acids is 1. The Hall–Kier alpha value is -5.08. The van der Waals surface area contributed by atoms with E-state index in [1.54, 1.807) is 42.5 Å². The first-order valence-corrected chi connectivity index (χ1v) is 17.5. The second-order valence-electron chi connectivity index (χ2n) is 12.2. The van der Waals surface area contributed by atoms with Gasteiger partial charge in [0, 0.05) is 18.3 Å². The predicted octanol–water partition coefficient (Wildman–Crippen LogP) is 7.61. The molecule has 1 heterocycles. The van der Waals surface area contributed by atoms with E-state index in [4.69, 9.17) is 4.74 Å². The van der Waals surface area contributed by atoms with Crippen LogP contribution in [0.4, 0.5) is 27.6 Å². The number of allylic oxidation sites excluding steroid dienone is 2. The van der Waals surface area contributed by atoms with Gasteiger partial charge in [-0.15, -0.1) is 0 Å². The van der Waals surface area contributed by atoms with E-state index in [9.17, 15) is 45.1 Å². The van der Waals surface area contributed by atoms with E-state index in [1.165, 1.54) is 28.7 Å². The van der Waals surface area contributed by atoms with Crippen LogP contribution in [-0.2, 0) is 28.0 Å². The normalized spacial score (nSPS) is 16.3. The molecule has 1 N–H and O–H groups in total. The molecule has 2 aliphatic rings. The van der Waals surface area contributed by atoms with Gasteiger partial charge in [0.05, 0.1) is 6.54 Å². The van der Waals surface area contributed by atoms with Crippen molar-refractivity contribution >= 4 is 33.2 Å². The van der Waals surface area contributed by atoms with Gasteiger partial charge < -0.3 is 14.7 Å². The molecule has 0 spiro atoms. The molecule has 0 aromatic heterocycles. The van der Waals surface area contributed by atoms with Crippen LogP contribution in [0.25, 0.3) is 5.57 Å². The Bertz CT molecular complexity index is 2100. The summed E-state index contributed by atoms with van der Waals surface area (Å²) in [6.07, 6.45) is 4.96. The highest BCUT2D eigenvalue weighted by Crippen LogP contribution is 2.36. The van der Waals surface area contributed by atoms with Crippen molar-refractivity contribution in [1.29, 1.82) is 0 Å². The number of rotatable bonds is 11. The molecule has 1 aliphatic carbocycles. The number of nitrogens with zero attached hydrogens (tertiary/aromatic N) is 2. The first-order chi connectivity index (χ1) is 24.4. The van der Waals surface area contributed by atoms with E-state index in [-0.39, 0.29) is 43.0 Å². The van der Waals surface area contributed by atoms with Gasteiger partial charge in [0.2, 0.25) is 21.7 Å². The van der Waals surface area contributed by atoms with E-state index < -0.39 is 68.5 Å². The third-order valence-corrected chi connectivity index (χ3v) is 10.9. The minimum absolute atomic E-state index is 0.0214. The molecule has 4 aromatic rings. The van der Waals surface area contributed by atoms with Crippen molar-refractivity contribution in [3.8, 4) is 5.75 Å². The maximum atomic E-state index is 14.8. The lowest BCUT2D eigenvalue weighted by atomic mass is 10.0. The molecule has 0 unspecified atom stereocenters. The lowest BCUT2D eigenvalue weighted by molar-refractivity contribution is -0.121. The van der Waals surface area contributed by atoms with Gasteiger partial charge in [0.1, 0.15) is 24.0 Å². The summed E-state index contributed by atoms with van der Waals surface area (Å²) in [5.74, 6) is -14.7. The van der Waals surface area contributed by atoms with Crippen LogP contribution < -0.4 is 9.64 Å². The Labute approximate surface area is 290 Å². The second kappa shape index (κ2) is 14.6. The van der Waals surface area contributed by atoms with Gasteiger partial charge >= 0.3 is 5.97 Å². The van der Waals surface area contributed by atoms with E-state index in [2.05, 4.69) is 6.08 Å². The van der Waals surface area contributed by atoms with Crippen LogP contribution in [0.5, 0.6) is 5.75 Å². The fourth-order valence-electron chi connectivity index (χ4n) is 6.33. The second-order valence-corrected chi connectivity index (χ2v) is 14.0. The van der Waals surface area contributed by atoms with Crippen LogP contribution in [-0.4, -0.2) is 42.3 Å². The number of carboxylic acids is 1. The molecule has 6 rings (SSSR count). The van der Waals surface area contributed by atoms with E-state index in [1.807, 2.05) is 12.1 Å². The van der Waals surface area contributed by atoms with Crippen LogP contribution in [0.15, 0.2) is 83.8 Å². The van der Waals surface area contributed by atoms with Crippen molar-refractivity contribution in [3.63, 3.8) is 0 Å². The topological polar surface area (TPSA) is 104 Å². The number of sulfonamides is 1. The zero-order valence-corrected chi connectivity index (χ0v) is 27.7. The fraction of sp³-hybridized carbons (Fsp3) is 0.243. The average Bonchev–Trinajstić information content (AvgIpc) is 3.86. The van der Waals surface area contributed by atoms with E-state index in [0.717, 1.165) is 30.4 Å². The van der Waals surface area contributed by atoms with Gasteiger partial charge in [-0.1, -0.05) is 60.7 Å². The van der Waals surface area contributed by atoms with Crippen LogP contribution in [0, 0.1) is 29.1 Å². The standard InChI is InChI=1S/C37H31F5N2O6S/c38-30-31(39)33(41)35(34(42)32(30)40)51(48,49)44-18-6-11-28(44)36(45)43(20-22-12-14-25(15-13-22)24-9-4-5-10-24)26-16-17-27(37(46)47)29(19-26)50-21-23-7-2-1-3-8-23/h1-3,7-9,12-17,19,28H,4-6,10-11,18,20-21H2,(H,46,47)/t28-/m1/s1. The Morgan fingerprint density at radius 3 is 2.14 bits per heavy atom. The molecular formula is C37H31F5N2O6S. The summed E-state index contributed by atoms with van der Waals surface area (Å²) in [7, 11) is -5.44. The molecule has 51 heavy (non-hydrogen) atoms. The zero-order valence-electron chi connectivity index (χ0n) is 26.9. The van der Waals surface area contributed by atoms with Crippen molar-refractivity contribution in [1.82, 2.24) is 4.31 Å². The number of benzene rings is 4. The number of hydrogen-bond donors (Lipinski definition) is 1. The molecule has 266 valence electrons. The first-order valence-electron chi connectivity index (χ1n) is 16.1. The summed E-state index contributed by atoms with van der Waals surface area (Å²) in [5, 5.41) is 9.88. The van der Waals surface area contributed by atoms with Gasteiger partial charge in [-0.05, 0) is 66.5 Å². The number of halogens is 5. The highest BCUT2D eigenvalue weighted by Gasteiger charge is 2.45. The van der Waals surface area contributed by atoms with Crippen LogP contribution in [0.1, 0.15) is 59.2 Å². The molecule has 1 saturated heterocycles. The summed E-state index contributed by atoms with van der Waals surface area (Å²) >= 11 is 0. The Kier molecular flexibility index (Phi) is 10.3. The zero-order chi connectivity index (χ0) is 36.4. The number of hydrogen-bond acceptors (Lipinski definition) is 5. The lowest BCUT2D eigenvalue weighted by Gasteiger charge is -2.31. The van der Waals surface area contributed by atoms with Crippen molar-refractivity contribution in [2.75, 3.05) is 11.4 Å². The highest BCUT2D eigenvalue weighted by molar-refractivity contribution is 7.89. The number of carbonyl (C=O) groups is 2. The molecule has 1 aliphatic heterocycles. The average molecular weight is 727 g/mol. The number of amides is 1. The summed E-state index contributed by atoms with van der Waals surface area (Å²) in [5.41, 5.74) is 3.39. The molecule has 4 aromatic carbocycles. The third-order valence-electron chi connectivity index (χ3n) is 8.94. The number of carboxylic acid groups (broad SMARTS) is 1. The summed E-state index contributed by atoms with van der Waals surface area (Å²) in [6, 6.07) is 18.5. The molecule has 0 saturated carbocycles. The minimum atomic E-state index is -5.44. The lowest BCUT2D eigenvalue weighted by Crippen LogP contribution is -2.48. The number of anilines is 1. The van der Waals surface area contributed by atoms with Crippen LogP contribution in [0.2, 0.25) is 0 Å². The SMILES string of the molecule is O=C(O)c1ccc(N(Cc2ccc(C3=CCCC3)cc2)C(=O)[C@H]2CCCN2S(=O)(=O)c2c(F)c(F)c(F)c(F)c2F)cc1OCc1ccccc1. The molecule has 1 amide bonds. The van der Waals surface area contributed by atoms with Crippen molar-refractivity contribution in [2.24, 2.45) is 0 Å². The number of ether oxygens (including phenoxy) is 1. The van der Waals surface area contributed by atoms with Crippen molar-refractivity contribution in [2.45, 2.75) is 56.2 Å². The van der Waals surface area contributed by atoms with Gasteiger partial charge in [0.25, 0.3) is 0 Å². The predicted molar refractivity (Wildman–Crippen MR) is 177 cm³/mol. The third kappa shape index (κ3) is 7.10. The molecule has 1 fully saturated rings. The molecule has 0 bridgehead atoms. The van der Waals surface area contributed by atoms with E-state index in [0.29, 0.717) is 9.87 Å². The first kappa shape index (κ1) is 35.7. The molecule has 8 nitrogen and oxygen atoms in total. The minimum Gasteiger partial charge on any atom is -0.488 e. The Morgan fingerprint density at radius 1 is 0.843 bits per heavy atom.